The van der Waals surface area contributed by atoms with Gasteiger partial charge in [0.25, 0.3) is 5.91 Å². The molecule has 3 aromatic carbocycles. The Hall–Kier alpha value is -4.32. The first-order chi connectivity index (χ1) is 16.4. The maximum absolute atomic E-state index is 13.6. The lowest BCUT2D eigenvalue weighted by Crippen LogP contribution is -2.31. The standard InChI is InChI=1S/C28H23NO5/c1-17(2)33-21-14-12-18(13-15-21)25-24(26(30)23-16-19-8-6-7-11-22(19)34-23)27(31)28(32)29(25)20-9-4-3-5-10-20/h3-17,25,31H,1-2H3. The van der Waals surface area contributed by atoms with E-state index in [1.54, 1.807) is 60.7 Å². The average molecular weight is 453 g/mol. The van der Waals surface area contributed by atoms with Crippen molar-refractivity contribution >= 4 is 28.3 Å². The van der Waals surface area contributed by atoms with Gasteiger partial charge in [0.2, 0.25) is 5.78 Å². The molecule has 1 N–H and O–H groups in total. The normalized spacial score (nSPS) is 16.0. The minimum Gasteiger partial charge on any atom is -0.503 e. The first-order valence-electron chi connectivity index (χ1n) is 11.1. The third-order valence-electron chi connectivity index (χ3n) is 5.70. The summed E-state index contributed by atoms with van der Waals surface area (Å²) in [6.07, 6.45) is 0.00823. The zero-order chi connectivity index (χ0) is 23.8. The maximum atomic E-state index is 13.6. The highest BCUT2D eigenvalue weighted by atomic mass is 16.5. The van der Waals surface area contributed by atoms with Crippen LogP contribution in [0.3, 0.4) is 0 Å². The fraction of sp³-hybridized carbons (Fsp3) is 0.143. The van der Waals surface area contributed by atoms with Crippen LogP contribution < -0.4 is 9.64 Å². The Morgan fingerprint density at radius 1 is 0.971 bits per heavy atom. The molecule has 1 aliphatic rings. The molecule has 34 heavy (non-hydrogen) atoms. The van der Waals surface area contributed by atoms with E-state index < -0.39 is 23.5 Å². The van der Waals surface area contributed by atoms with Crippen LogP contribution in [0.2, 0.25) is 0 Å². The fourth-order valence-electron chi connectivity index (χ4n) is 4.23. The Morgan fingerprint density at radius 2 is 1.65 bits per heavy atom. The van der Waals surface area contributed by atoms with Gasteiger partial charge in [-0.1, -0.05) is 48.5 Å². The van der Waals surface area contributed by atoms with E-state index in [1.165, 1.54) is 4.90 Å². The van der Waals surface area contributed by atoms with Gasteiger partial charge in [-0.3, -0.25) is 14.5 Å². The molecule has 0 saturated heterocycles. The quantitative estimate of drug-likeness (QED) is 0.362. The molecule has 1 aromatic heterocycles. The highest BCUT2D eigenvalue weighted by molar-refractivity contribution is 6.20. The van der Waals surface area contributed by atoms with Crippen molar-refractivity contribution in [3.8, 4) is 5.75 Å². The number of benzene rings is 3. The number of rotatable bonds is 6. The van der Waals surface area contributed by atoms with Crippen molar-refractivity contribution in [2.24, 2.45) is 0 Å². The largest absolute Gasteiger partial charge is 0.503 e. The lowest BCUT2D eigenvalue weighted by Gasteiger charge is -2.27. The molecule has 1 atom stereocenters. The zero-order valence-corrected chi connectivity index (χ0v) is 18.8. The summed E-state index contributed by atoms with van der Waals surface area (Å²) < 4.78 is 11.5. The molecule has 0 aliphatic carbocycles. The Bertz CT molecular complexity index is 1370. The summed E-state index contributed by atoms with van der Waals surface area (Å²) in [5.74, 6) is -1.02. The van der Waals surface area contributed by atoms with Crippen molar-refractivity contribution in [2.75, 3.05) is 4.90 Å². The van der Waals surface area contributed by atoms with Gasteiger partial charge < -0.3 is 14.3 Å². The van der Waals surface area contributed by atoms with E-state index in [1.807, 2.05) is 38.1 Å². The highest BCUT2D eigenvalue weighted by Crippen LogP contribution is 2.42. The van der Waals surface area contributed by atoms with Crippen molar-refractivity contribution in [1.29, 1.82) is 0 Å². The Balaban J connectivity index is 1.62. The van der Waals surface area contributed by atoms with Crippen LogP contribution in [0.1, 0.15) is 36.0 Å². The summed E-state index contributed by atoms with van der Waals surface area (Å²) in [7, 11) is 0. The average Bonchev–Trinajstić information content (AvgIpc) is 3.39. The van der Waals surface area contributed by atoms with Crippen LogP contribution in [0.4, 0.5) is 5.69 Å². The minimum atomic E-state index is -0.830. The predicted molar refractivity (Wildman–Crippen MR) is 129 cm³/mol. The molecule has 1 amide bonds. The number of aliphatic hydroxyl groups excluding tert-OH is 1. The summed E-state index contributed by atoms with van der Waals surface area (Å²) in [4.78, 5) is 28.3. The molecule has 2 heterocycles. The molecular formula is C28H23NO5. The number of amides is 1. The van der Waals surface area contributed by atoms with Crippen molar-refractivity contribution in [1.82, 2.24) is 0 Å². The van der Waals surface area contributed by atoms with Crippen LogP contribution in [0.25, 0.3) is 11.0 Å². The summed E-state index contributed by atoms with van der Waals surface area (Å²) in [5, 5.41) is 11.7. The number of Topliss-reactive ketones (excluding diaryl/α,β-unsaturated/α-hetero) is 1. The van der Waals surface area contributed by atoms with Gasteiger partial charge in [0.15, 0.2) is 11.5 Å². The van der Waals surface area contributed by atoms with Crippen LogP contribution in [0, 0.1) is 0 Å². The summed E-state index contributed by atoms with van der Waals surface area (Å²) in [6.45, 7) is 3.87. The molecule has 170 valence electrons. The van der Waals surface area contributed by atoms with Gasteiger partial charge >= 0.3 is 0 Å². The molecule has 5 rings (SSSR count). The molecule has 0 radical (unpaired) electrons. The second-order valence-corrected chi connectivity index (χ2v) is 8.39. The van der Waals surface area contributed by atoms with Crippen molar-refractivity contribution in [2.45, 2.75) is 26.0 Å². The van der Waals surface area contributed by atoms with Crippen LogP contribution in [0.5, 0.6) is 5.75 Å². The number of para-hydroxylation sites is 2. The smallest absolute Gasteiger partial charge is 0.294 e. The number of aliphatic hydroxyl groups is 1. The van der Waals surface area contributed by atoms with Gasteiger partial charge in [-0.2, -0.15) is 0 Å². The van der Waals surface area contributed by atoms with Crippen molar-refractivity contribution in [3.05, 3.63) is 108 Å². The summed E-state index contributed by atoms with van der Waals surface area (Å²) >= 11 is 0. The zero-order valence-electron chi connectivity index (χ0n) is 18.8. The van der Waals surface area contributed by atoms with Crippen molar-refractivity contribution < 1.29 is 23.8 Å². The molecule has 4 aromatic rings. The third kappa shape index (κ3) is 3.73. The number of fused-ring (bicyclic) bond motifs is 1. The monoisotopic (exact) mass is 453 g/mol. The number of anilines is 1. The van der Waals surface area contributed by atoms with Gasteiger partial charge in [-0.25, -0.2) is 0 Å². The van der Waals surface area contributed by atoms with Crippen LogP contribution in [-0.2, 0) is 4.79 Å². The molecule has 1 aliphatic heterocycles. The van der Waals surface area contributed by atoms with Gasteiger partial charge in [-0.15, -0.1) is 0 Å². The van der Waals surface area contributed by atoms with Gasteiger partial charge in [0.1, 0.15) is 11.3 Å². The summed E-state index contributed by atoms with van der Waals surface area (Å²) in [5.41, 5.74) is 1.77. The fourth-order valence-corrected chi connectivity index (χ4v) is 4.23. The number of hydrogen-bond donors (Lipinski definition) is 1. The highest BCUT2D eigenvalue weighted by Gasteiger charge is 2.45. The number of ketones is 1. The lowest BCUT2D eigenvalue weighted by atomic mass is 9.94. The number of ether oxygens (including phenoxy) is 1. The first-order valence-corrected chi connectivity index (χ1v) is 11.1. The van der Waals surface area contributed by atoms with Gasteiger partial charge in [0, 0.05) is 11.1 Å². The van der Waals surface area contributed by atoms with E-state index >= 15 is 0 Å². The van der Waals surface area contributed by atoms with Crippen molar-refractivity contribution in [3.63, 3.8) is 0 Å². The Labute approximate surface area is 196 Å². The molecule has 0 spiro atoms. The lowest BCUT2D eigenvalue weighted by molar-refractivity contribution is -0.117. The first kappa shape index (κ1) is 21.5. The molecule has 1 unspecified atom stereocenters. The Kier molecular flexibility index (Phi) is 5.42. The van der Waals surface area contributed by atoms with E-state index in [-0.39, 0.29) is 17.4 Å². The second-order valence-electron chi connectivity index (χ2n) is 8.39. The van der Waals surface area contributed by atoms with Crippen LogP contribution in [0.15, 0.2) is 101 Å². The molecule has 0 bridgehead atoms. The SMILES string of the molecule is CC(C)Oc1ccc(C2C(C(=O)c3cc4ccccc4o3)=C(O)C(=O)N2c2ccccc2)cc1. The number of carbonyl (C=O) groups excluding carboxylic acids is 2. The van der Waals surface area contributed by atoms with E-state index in [2.05, 4.69) is 0 Å². The van der Waals surface area contributed by atoms with Gasteiger partial charge in [0.05, 0.1) is 17.7 Å². The van der Waals surface area contributed by atoms with Gasteiger partial charge in [-0.05, 0) is 55.8 Å². The number of carbonyl (C=O) groups is 2. The molecule has 0 saturated carbocycles. The third-order valence-corrected chi connectivity index (χ3v) is 5.70. The van der Waals surface area contributed by atoms with E-state index in [4.69, 9.17) is 9.15 Å². The summed E-state index contributed by atoms with van der Waals surface area (Å²) in [6, 6.07) is 24.2. The second kappa shape index (κ2) is 8.56. The topological polar surface area (TPSA) is 80.0 Å². The predicted octanol–water partition coefficient (Wildman–Crippen LogP) is 6.00. The minimum absolute atomic E-state index is 0.00823. The van der Waals surface area contributed by atoms with Crippen LogP contribution in [-0.4, -0.2) is 22.9 Å². The molecule has 6 nitrogen and oxygen atoms in total. The number of furan rings is 1. The number of nitrogens with zero attached hydrogens (tertiary/aromatic N) is 1. The molecular weight excluding hydrogens is 430 g/mol. The maximum Gasteiger partial charge on any atom is 0.294 e. The van der Waals surface area contributed by atoms with E-state index in [0.29, 0.717) is 22.6 Å². The molecule has 6 heteroatoms. The van der Waals surface area contributed by atoms with Crippen LogP contribution >= 0.6 is 0 Å². The number of hydrogen-bond acceptors (Lipinski definition) is 5. The Morgan fingerprint density at radius 3 is 2.32 bits per heavy atom. The van der Waals surface area contributed by atoms with E-state index in [0.717, 1.165) is 5.39 Å². The molecule has 0 fully saturated rings. The van der Waals surface area contributed by atoms with E-state index in [9.17, 15) is 14.7 Å².